The van der Waals surface area contributed by atoms with Crippen LogP contribution >= 0.6 is 0 Å². The zero-order valence-corrected chi connectivity index (χ0v) is 14.6. The molecule has 2 unspecified atom stereocenters. The molecule has 0 aliphatic carbocycles. The van der Waals surface area contributed by atoms with Gasteiger partial charge in [0.05, 0.1) is 0 Å². The van der Waals surface area contributed by atoms with Crippen molar-refractivity contribution in [3.8, 4) is 0 Å². The highest BCUT2D eigenvalue weighted by Crippen LogP contribution is 2.44. The summed E-state index contributed by atoms with van der Waals surface area (Å²) in [4.78, 5) is 5.42. The molecule has 0 aromatic rings. The maximum atomic E-state index is 6.33. The molecule has 2 atom stereocenters. The summed E-state index contributed by atoms with van der Waals surface area (Å²) in [5.74, 6) is 0.881. The van der Waals surface area contributed by atoms with Crippen molar-refractivity contribution in [3.05, 3.63) is 0 Å². The SMILES string of the molecule is CN1C2CCC1CC(CN)(N1CCC(C(C)(C)C)CC1)C2. The Morgan fingerprint density at radius 1 is 1.00 bits per heavy atom. The molecule has 0 aromatic carbocycles. The number of piperidine rings is 2. The van der Waals surface area contributed by atoms with E-state index >= 15 is 0 Å². The molecule has 0 amide bonds. The van der Waals surface area contributed by atoms with Gasteiger partial charge < -0.3 is 10.6 Å². The van der Waals surface area contributed by atoms with Crippen molar-refractivity contribution in [2.75, 3.05) is 26.7 Å². The number of hydrogen-bond acceptors (Lipinski definition) is 3. The quantitative estimate of drug-likeness (QED) is 0.849. The second-order valence-corrected chi connectivity index (χ2v) is 9.01. The minimum atomic E-state index is 0.307. The molecule has 0 saturated carbocycles. The average Bonchev–Trinajstić information content (AvgIpc) is 2.69. The van der Waals surface area contributed by atoms with Gasteiger partial charge in [-0.1, -0.05) is 20.8 Å². The van der Waals surface area contributed by atoms with Gasteiger partial charge in [-0.2, -0.15) is 0 Å². The summed E-state index contributed by atoms with van der Waals surface area (Å²) < 4.78 is 0. The Morgan fingerprint density at radius 2 is 1.52 bits per heavy atom. The van der Waals surface area contributed by atoms with Gasteiger partial charge >= 0.3 is 0 Å². The van der Waals surface area contributed by atoms with E-state index in [9.17, 15) is 0 Å². The fourth-order valence-corrected chi connectivity index (χ4v) is 5.32. The largest absolute Gasteiger partial charge is 0.329 e. The van der Waals surface area contributed by atoms with E-state index in [0.29, 0.717) is 11.0 Å². The number of likely N-dealkylation sites (tertiary alicyclic amines) is 1. The number of nitrogens with two attached hydrogens (primary N) is 1. The lowest BCUT2D eigenvalue weighted by Crippen LogP contribution is -2.63. The molecule has 3 heteroatoms. The normalized spacial score (nSPS) is 39.9. The Kier molecular flexibility index (Phi) is 4.13. The fourth-order valence-electron chi connectivity index (χ4n) is 5.32. The lowest BCUT2D eigenvalue weighted by molar-refractivity contribution is -0.0272. The maximum Gasteiger partial charge on any atom is 0.0361 e. The predicted molar refractivity (Wildman–Crippen MR) is 89.3 cm³/mol. The summed E-state index contributed by atoms with van der Waals surface area (Å²) in [7, 11) is 2.33. The van der Waals surface area contributed by atoms with Crippen molar-refractivity contribution in [2.45, 2.75) is 76.9 Å². The lowest BCUT2D eigenvalue weighted by Gasteiger charge is -2.53. The van der Waals surface area contributed by atoms with Crippen LogP contribution in [0.2, 0.25) is 0 Å². The van der Waals surface area contributed by atoms with Gasteiger partial charge in [-0.3, -0.25) is 4.90 Å². The van der Waals surface area contributed by atoms with Crippen LogP contribution in [0, 0.1) is 11.3 Å². The molecule has 3 nitrogen and oxygen atoms in total. The van der Waals surface area contributed by atoms with E-state index < -0.39 is 0 Å². The Morgan fingerprint density at radius 3 is 1.95 bits per heavy atom. The predicted octanol–water partition coefficient (Wildman–Crippen LogP) is 2.70. The van der Waals surface area contributed by atoms with Gasteiger partial charge in [0, 0.05) is 24.2 Å². The minimum absolute atomic E-state index is 0.307. The van der Waals surface area contributed by atoms with Crippen molar-refractivity contribution in [3.63, 3.8) is 0 Å². The monoisotopic (exact) mass is 293 g/mol. The van der Waals surface area contributed by atoms with Crippen LogP contribution < -0.4 is 5.73 Å². The first-order chi connectivity index (χ1) is 9.86. The minimum Gasteiger partial charge on any atom is -0.329 e. The molecular formula is C18H35N3. The van der Waals surface area contributed by atoms with Gasteiger partial charge in [-0.25, -0.2) is 0 Å². The number of rotatable bonds is 2. The smallest absolute Gasteiger partial charge is 0.0361 e. The Hall–Kier alpha value is -0.120. The molecule has 3 heterocycles. The van der Waals surface area contributed by atoms with Gasteiger partial charge in [-0.05, 0) is 70.0 Å². The summed E-state index contributed by atoms with van der Waals surface area (Å²) in [6.45, 7) is 10.6. The molecule has 3 saturated heterocycles. The zero-order valence-electron chi connectivity index (χ0n) is 14.6. The van der Waals surface area contributed by atoms with Crippen LogP contribution in [-0.4, -0.2) is 54.1 Å². The molecule has 21 heavy (non-hydrogen) atoms. The second-order valence-electron chi connectivity index (χ2n) is 9.01. The van der Waals surface area contributed by atoms with Crippen LogP contribution in [0.1, 0.15) is 59.3 Å². The standard InChI is InChI=1S/C18H35N3/c1-17(2,3)14-7-9-21(10-8-14)18(13-19)11-15-5-6-16(12-18)20(15)4/h14-16H,5-13,19H2,1-4H3. The van der Waals surface area contributed by atoms with Crippen LogP contribution in [0.15, 0.2) is 0 Å². The van der Waals surface area contributed by atoms with Gasteiger partial charge in [0.15, 0.2) is 0 Å². The first-order valence-electron chi connectivity index (χ1n) is 9.03. The first-order valence-corrected chi connectivity index (χ1v) is 9.03. The van der Waals surface area contributed by atoms with E-state index in [-0.39, 0.29) is 0 Å². The molecule has 122 valence electrons. The Labute approximate surface area is 131 Å². The molecule has 2 N–H and O–H groups in total. The summed E-state index contributed by atoms with van der Waals surface area (Å²) in [6.07, 6.45) is 8.10. The van der Waals surface area contributed by atoms with Gasteiger partial charge in [0.2, 0.25) is 0 Å². The van der Waals surface area contributed by atoms with Crippen LogP contribution in [0.5, 0.6) is 0 Å². The summed E-state index contributed by atoms with van der Waals surface area (Å²) in [5.41, 5.74) is 7.10. The Balaban J connectivity index is 1.68. The van der Waals surface area contributed by atoms with Crippen LogP contribution in [0.25, 0.3) is 0 Å². The van der Waals surface area contributed by atoms with Crippen LogP contribution in [-0.2, 0) is 0 Å². The molecule has 3 rings (SSSR count). The van der Waals surface area contributed by atoms with Crippen LogP contribution in [0.4, 0.5) is 0 Å². The van der Waals surface area contributed by atoms with E-state index in [4.69, 9.17) is 5.73 Å². The van der Waals surface area contributed by atoms with E-state index in [1.165, 1.54) is 51.6 Å². The third-order valence-corrected chi connectivity index (χ3v) is 6.99. The molecule has 0 spiro atoms. The topological polar surface area (TPSA) is 32.5 Å². The van der Waals surface area contributed by atoms with Gasteiger partial charge in [0.25, 0.3) is 0 Å². The highest BCUT2D eigenvalue weighted by atomic mass is 15.3. The van der Waals surface area contributed by atoms with Crippen molar-refractivity contribution in [1.82, 2.24) is 9.80 Å². The highest BCUT2D eigenvalue weighted by molar-refractivity contribution is 5.07. The Bertz CT molecular complexity index is 351. The molecule has 0 aromatic heterocycles. The molecule has 3 fully saturated rings. The van der Waals surface area contributed by atoms with Gasteiger partial charge in [0.1, 0.15) is 0 Å². The van der Waals surface area contributed by atoms with E-state index in [2.05, 4.69) is 37.6 Å². The van der Waals surface area contributed by atoms with E-state index in [0.717, 1.165) is 24.5 Å². The number of fused-ring (bicyclic) bond motifs is 2. The summed E-state index contributed by atoms with van der Waals surface area (Å²) in [6, 6.07) is 1.57. The molecule has 2 bridgehead atoms. The fraction of sp³-hybridized carbons (Fsp3) is 1.00. The molecule has 0 radical (unpaired) electrons. The molecular weight excluding hydrogens is 258 g/mol. The second kappa shape index (κ2) is 5.50. The van der Waals surface area contributed by atoms with Crippen molar-refractivity contribution < 1.29 is 0 Å². The zero-order chi connectivity index (χ0) is 15.3. The number of hydrogen-bond donors (Lipinski definition) is 1. The average molecular weight is 293 g/mol. The summed E-state index contributed by atoms with van der Waals surface area (Å²) in [5, 5.41) is 0. The number of nitrogens with zero attached hydrogens (tertiary/aromatic N) is 2. The van der Waals surface area contributed by atoms with Crippen molar-refractivity contribution in [1.29, 1.82) is 0 Å². The molecule has 3 aliphatic rings. The third-order valence-electron chi connectivity index (χ3n) is 6.99. The van der Waals surface area contributed by atoms with E-state index in [1.54, 1.807) is 0 Å². The molecule has 3 aliphatic heterocycles. The summed E-state index contributed by atoms with van der Waals surface area (Å²) >= 11 is 0. The van der Waals surface area contributed by atoms with Crippen molar-refractivity contribution in [2.24, 2.45) is 17.1 Å². The third kappa shape index (κ3) is 2.77. The maximum absolute atomic E-state index is 6.33. The highest BCUT2D eigenvalue weighted by Gasteiger charge is 2.49. The van der Waals surface area contributed by atoms with Crippen LogP contribution in [0.3, 0.4) is 0 Å². The van der Waals surface area contributed by atoms with Gasteiger partial charge in [-0.15, -0.1) is 0 Å². The lowest BCUT2D eigenvalue weighted by atomic mass is 9.73. The first kappa shape index (κ1) is 15.8. The van der Waals surface area contributed by atoms with Crippen molar-refractivity contribution >= 4 is 0 Å². The van der Waals surface area contributed by atoms with E-state index in [1.807, 2.05) is 0 Å².